The molecule has 3 heteroatoms. The van der Waals surface area contributed by atoms with Crippen molar-refractivity contribution in [3.8, 4) is 5.69 Å². The summed E-state index contributed by atoms with van der Waals surface area (Å²) in [5, 5.41) is 3.34. The van der Waals surface area contributed by atoms with Crippen molar-refractivity contribution in [3.05, 3.63) is 78.5 Å². The molecule has 0 atom stereocenters. The van der Waals surface area contributed by atoms with Gasteiger partial charge in [0.1, 0.15) is 11.4 Å². The molecule has 1 aromatic heterocycles. The van der Waals surface area contributed by atoms with Crippen molar-refractivity contribution in [2.24, 2.45) is 0 Å². The van der Waals surface area contributed by atoms with Gasteiger partial charge >= 0.3 is 0 Å². The van der Waals surface area contributed by atoms with E-state index in [1.54, 1.807) is 0 Å². The smallest absolute Gasteiger partial charge is 0.281 e. The minimum Gasteiger partial charge on any atom is -0.341 e. The maximum atomic E-state index is 3.34. The fraction of sp³-hybridized carbons (Fsp3) is 0.190. The van der Waals surface area contributed by atoms with Crippen LogP contribution in [0.5, 0.6) is 0 Å². The van der Waals surface area contributed by atoms with Crippen molar-refractivity contribution < 1.29 is 4.57 Å². The summed E-state index contributed by atoms with van der Waals surface area (Å²) in [4.78, 5) is 2.32. The van der Waals surface area contributed by atoms with Crippen LogP contribution in [-0.4, -0.2) is 13.6 Å². The van der Waals surface area contributed by atoms with Gasteiger partial charge < -0.3 is 4.90 Å². The summed E-state index contributed by atoms with van der Waals surface area (Å²) in [6.07, 6.45) is 0. The van der Waals surface area contributed by atoms with Crippen molar-refractivity contribution in [2.45, 2.75) is 13.8 Å². The van der Waals surface area contributed by atoms with Crippen molar-refractivity contribution in [2.75, 3.05) is 23.8 Å². The van der Waals surface area contributed by atoms with E-state index in [1.807, 2.05) is 13.1 Å². The molecule has 3 rings (SSSR count). The van der Waals surface area contributed by atoms with Crippen molar-refractivity contribution in [1.29, 1.82) is 0 Å². The SMILES string of the molecule is CCN(c1ccccc1)c1cc(C)[n+](-c2ccccc2)c(NC)c1. The number of hydrogen-bond acceptors (Lipinski definition) is 2. The van der Waals surface area contributed by atoms with E-state index < -0.39 is 0 Å². The van der Waals surface area contributed by atoms with Crippen molar-refractivity contribution in [3.63, 3.8) is 0 Å². The Morgan fingerprint density at radius 2 is 1.50 bits per heavy atom. The van der Waals surface area contributed by atoms with E-state index >= 15 is 0 Å². The van der Waals surface area contributed by atoms with Gasteiger partial charge in [0.05, 0.1) is 18.8 Å². The number of benzene rings is 2. The summed E-state index contributed by atoms with van der Waals surface area (Å²) in [6.45, 7) is 5.25. The number of rotatable bonds is 5. The number of anilines is 3. The Balaban J connectivity index is 2.10. The van der Waals surface area contributed by atoms with E-state index in [2.05, 4.69) is 95.4 Å². The Morgan fingerprint density at radius 1 is 0.875 bits per heavy atom. The first kappa shape index (κ1) is 16.1. The molecule has 0 fully saturated rings. The first-order valence-corrected chi connectivity index (χ1v) is 8.37. The molecule has 1 heterocycles. The average molecular weight is 318 g/mol. The third-order valence-electron chi connectivity index (χ3n) is 4.20. The normalized spacial score (nSPS) is 10.5. The molecule has 0 amide bonds. The number of para-hydroxylation sites is 2. The van der Waals surface area contributed by atoms with Crippen LogP contribution in [0.25, 0.3) is 5.69 Å². The van der Waals surface area contributed by atoms with E-state index in [9.17, 15) is 0 Å². The van der Waals surface area contributed by atoms with Gasteiger partial charge in [0, 0.05) is 18.3 Å². The third kappa shape index (κ3) is 3.11. The summed E-state index contributed by atoms with van der Waals surface area (Å²) in [7, 11) is 1.97. The molecule has 0 radical (unpaired) electrons. The number of nitrogens with zero attached hydrogens (tertiary/aromatic N) is 2. The predicted molar refractivity (Wildman–Crippen MR) is 101 cm³/mol. The van der Waals surface area contributed by atoms with E-state index in [0.29, 0.717) is 0 Å². The van der Waals surface area contributed by atoms with Gasteiger partial charge in [-0.3, -0.25) is 5.32 Å². The van der Waals surface area contributed by atoms with Gasteiger partial charge in [-0.15, -0.1) is 0 Å². The summed E-state index contributed by atoms with van der Waals surface area (Å²) in [5.41, 5.74) is 4.75. The summed E-state index contributed by atoms with van der Waals surface area (Å²) < 4.78 is 2.24. The van der Waals surface area contributed by atoms with Crippen LogP contribution < -0.4 is 14.8 Å². The van der Waals surface area contributed by atoms with Crippen molar-refractivity contribution >= 4 is 17.2 Å². The lowest BCUT2D eigenvalue weighted by Crippen LogP contribution is -2.37. The van der Waals surface area contributed by atoms with Gasteiger partial charge in [0.2, 0.25) is 0 Å². The molecular formula is C21H24N3+. The van der Waals surface area contributed by atoms with E-state index in [-0.39, 0.29) is 0 Å². The second kappa shape index (κ2) is 7.18. The molecule has 0 aliphatic heterocycles. The highest BCUT2D eigenvalue weighted by molar-refractivity contribution is 5.65. The van der Waals surface area contributed by atoms with E-state index in [0.717, 1.165) is 18.1 Å². The molecule has 1 N–H and O–H groups in total. The topological polar surface area (TPSA) is 19.1 Å². The Labute approximate surface area is 144 Å². The van der Waals surface area contributed by atoms with Crippen LogP contribution in [0.3, 0.4) is 0 Å². The Bertz CT molecular complexity index is 798. The van der Waals surface area contributed by atoms with Gasteiger partial charge in [-0.2, -0.15) is 4.57 Å². The zero-order valence-corrected chi connectivity index (χ0v) is 14.5. The number of pyridine rings is 1. The van der Waals surface area contributed by atoms with Gasteiger partial charge in [-0.1, -0.05) is 36.4 Å². The molecule has 24 heavy (non-hydrogen) atoms. The Kier molecular flexibility index (Phi) is 4.80. The Hall–Kier alpha value is -2.81. The molecule has 0 saturated heterocycles. The third-order valence-corrected chi connectivity index (χ3v) is 4.20. The Morgan fingerprint density at radius 3 is 2.08 bits per heavy atom. The molecule has 0 unspecified atom stereocenters. The molecule has 3 aromatic rings. The molecule has 122 valence electrons. The fourth-order valence-corrected chi connectivity index (χ4v) is 3.10. The zero-order chi connectivity index (χ0) is 16.9. The highest BCUT2D eigenvalue weighted by Crippen LogP contribution is 2.27. The number of aromatic nitrogens is 1. The van der Waals surface area contributed by atoms with E-state index in [1.165, 1.54) is 17.1 Å². The molecule has 0 aliphatic rings. The standard InChI is InChI=1S/C21H23N3/c1-4-23(18-11-7-5-8-12-18)20-15-17(2)24(21(16-20)22-3)19-13-9-6-10-14-19/h5-16H,4H2,1-3H3/p+1. The average Bonchev–Trinajstić information content (AvgIpc) is 2.63. The molecule has 3 nitrogen and oxygen atoms in total. The van der Waals surface area contributed by atoms with Crippen molar-refractivity contribution in [1.82, 2.24) is 0 Å². The second-order valence-electron chi connectivity index (χ2n) is 5.74. The van der Waals surface area contributed by atoms with Crippen LogP contribution in [0, 0.1) is 6.92 Å². The molecule has 2 aromatic carbocycles. The minimum absolute atomic E-state index is 0.919. The lowest BCUT2D eigenvalue weighted by molar-refractivity contribution is -0.587. The molecule has 0 aliphatic carbocycles. The zero-order valence-electron chi connectivity index (χ0n) is 14.5. The fourth-order valence-electron chi connectivity index (χ4n) is 3.10. The van der Waals surface area contributed by atoms with Crippen LogP contribution >= 0.6 is 0 Å². The van der Waals surface area contributed by atoms with Gasteiger partial charge in [-0.05, 0) is 38.1 Å². The second-order valence-corrected chi connectivity index (χ2v) is 5.74. The quantitative estimate of drug-likeness (QED) is 0.700. The van der Waals surface area contributed by atoms with Crippen LogP contribution in [0.2, 0.25) is 0 Å². The van der Waals surface area contributed by atoms with Crippen LogP contribution in [0.4, 0.5) is 17.2 Å². The molecule has 0 saturated carbocycles. The van der Waals surface area contributed by atoms with Crippen LogP contribution in [0.15, 0.2) is 72.8 Å². The van der Waals surface area contributed by atoms with Crippen LogP contribution in [0.1, 0.15) is 12.6 Å². The summed E-state index contributed by atoms with van der Waals surface area (Å²) in [6, 6.07) is 25.4. The molecular weight excluding hydrogens is 294 g/mol. The summed E-state index contributed by atoms with van der Waals surface area (Å²) >= 11 is 0. The highest BCUT2D eigenvalue weighted by atomic mass is 15.2. The maximum Gasteiger partial charge on any atom is 0.281 e. The minimum atomic E-state index is 0.919. The number of aryl methyl sites for hydroxylation is 1. The number of hydrogen-bond donors (Lipinski definition) is 1. The predicted octanol–water partition coefficient (Wildman–Crippen LogP) is 4.47. The maximum absolute atomic E-state index is 3.34. The highest BCUT2D eigenvalue weighted by Gasteiger charge is 2.17. The lowest BCUT2D eigenvalue weighted by Gasteiger charge is -2.24. The van der Waals surface area contributed by atoms with Gasteiger partial charge in [0.15, 0.2) is 0 Å². The summed E-state index contributed by atoms with van der Waals surface area (Å²) in [5.74, 6) is 1.07. The lowest BCUT2D eigenvalue weighted by atomic mass is 10.2. The first-order chi connectivity index (χ1) is 11.7. The van der Waals surface area contributed by atoms with E-state index in [4.69, 9.17) is 0 Å². The first-order valence-electron chi connectivity index (χ1n) is 8.37. The monoisotopic (exact) mass is 318 g/mol. The van der Waals surface area contributed by atoms with Gasteiger partial charge in [-0.25, -0.2) is 0 Å². The molecule has 0 spiro atoms. The number of nitrogens with one attached hydrogen (secondary N) is 1. The van der Waals surface area contributed by atoms with Crippen LogP contribution in [-0.2, 0) is 0 Å². The largest absolute Gasteiger partial charge is 0.341 e. The van der Waals surface area contributed by atoms with Gasteiger partial charge in [0.25, 0.3) is 5.82 Å². The molecule has 0 bridgehead atoms.